The van der Waals surface area contributed by atoms with Crippen molar-refractivity contribution in [1.82, 2.24) is 14.9 Å². The SMILES string of the molecule is C=CCNc1nccc(N2CCN(CC)CC2)n1. The van der Waals surface area contributed by atoms with E-state index in [1.54, 1.807) is 12.3 Å². The minimum atomic E-state index is 0.672. The maximum Gasteiger partial charge on any atom is 0.224 e. The summed E-state index contributed by atoms with van der Waals surface area (Å²) in [6.07, 6.45) is 3.61. The van der Waals surface area contributed by atoms with Gasteiger partial charge in [0.15, 0.2) is 0 Å². The Morgan fingerprint density at radius 2 is 2.17 bits per heavy atom. The van der Waals surface area contributed by atoms with Gasteiger partial charge < -0.3 is 15.1 Å². The molecule has 0 amide bonds. The van der Waals surface area contributed by atoms with Gasteiger partial charge in [-0.2, -0.15) is 4.98 Å². The zero-order chi connectivity index (χ0) is 12.8. The lowest BCUT2D eigenvalue weighted by Crippen LogP contribution is -2.46. The van der Waals surface area contributed by atoms with Gasteiger partial charge in [-0.25, -0.2) is 4.98 Å². The molecule has 1 saturated heterocycles. The van der Waals surface area contributed by atoms with Crippen molar-refractivity contribution in [2.45, 2.75) is 6.92 Å². The first-order valence-corrected chi connectivity index (χ1v) is 6.48. The molecule has 0 atom stereocenters. The third-order valence-corrected chi connectivity index (χ3v) is 3.19. The summed E-state index contributed by atoms with van der Waals surface area (Å²) in [6, 6.07) is 1.97. The van der Waals surface area contributed by atoms with Gasteiger partial charge in [-0.3, -0.25) is 0 Å². The minimum absolute atomic E-state index is 0.672. The molecular weight excluding hydrogens is 226 g/mol. The van der Waals surface area contributed by atoms with E-state index in [2.05, 4.69) is 38.6 Å². The van der Waals surface area contributed by atoms with E-state index in [-0.39, 0.29) is 0 Å². The van der Waals surface area contributed by atoms with Crippen LogP contribution in [0.3, 0.4) is 0 Å². The summed E-state index contributed by atoms with van der Waals surface area (Å²) in [5.41, 5.74) is 0. The van der Waals surface area contributed by atoms with Crippen LogP contribution in [0.25, 0.3) is 0 Å². The van der Waals surface area contributed by atoms with E-state index in [9.17, 15) is 0 Å². The van der Waals surface area contributed by atoms with Gasteiger partial charge in [0.1, 0.15) is 5.82 Å². The first-order valence-electron chi connectivity index (χ1n) is 6.48. The standard InChI is InChI=1S/C13H21N5/c1-3-6-14-13-15-7-5-12(16-13)18-10-8-17(4-2)9-11-18/h3,5,7H,1,4,6,8-11H2,2H3,(H,14,15,16). The van der Waals surface area contributed by atoms with Gasteiger partial charge in [-0.1, -0.05) is 13.0 Å². The molecule has 1 aromatic heterocycles. The number of hydrogen-bond donors (Lipinski definition) is 1. The first-order chi connectivity index (χ1) is 8.83. The van der Waals surface area contributed by atoms with Gasteiger partial charge in [0.25, 0.3) is 0 Å². The molecule has 1 fully saturated rings. The van der Waals surface area contributed by atoms with Crippen LogP contribution >= 0.6 is 0 Å². The summed E-state index contributed by atoms with van der Waals surface area (Å²) in [7, 11) is 0. The monoisotopic (exact) mass is 247 g/mol. The molecule has 98 valence electrons. The Hall–Kier alpha value is -1.62. The van der Waals surface area contributed by atoms with E-state index in [4.69, 9.17) is 0 Å². The summed E-state index contributed by atoms with van der Waals surface area (Å²) in [5, 5.41) is 3.12. The highest BCUT2D eigenvalue weighted by Crippen LogP contribution is 2.14. The van der Waals surface area contributed by atoms with Crippen molar-refractivity contribution in [2.75, 3.05) is 49.5 Å². The molecule has 5 heteroatoms. The van der Waals surface area contributed by atoms with E-state index in [0.717, 1.165) is 38.5 Å². The Kier molecular flexibility index (Phi) is 4.52. The molecule has 0 saturated carbocycles. The van der Waals surface area contributed by atoms with Crippen molar-refractivity contribution in [3.8, 4) is 0 Å². The highest BCUT2D eigenvalue weighted by molar-refractivity contribution is 5.43. The number of likely N-dealkylation sites (N-methyl/N-ethyl adjacent to an activating group) is 1. The van der Waals surface area contributed by atoms with Crippen LogP contribution in [0, 0.1) is 0 Å². The molecule has 0 spiro atoms. The molecule has 1 aliphatic rings. The topological polar surface area (TPSA) is 44.3 Å². The highest BCUT2D eigenvalue weighted by Gasteiger charge is 2.16. The molecule has 18 heavy (non-hydrogen) atoms. The summed E-state index contributed by atoms with van der Waals surface area (Å²) in [4.78, 5) is 13.5. The van der Waals surface area contributed by atoms with Crippen LogP contribution in [-0.4, -0.2) is 54.1 Å². The maximum absolute atomic E-state index is 4.52. The van der Waals surface area contributed by atoms with E-state index in [0.29, 0.717) is 12.5 Å². The van der Waals surface area contributed by atoms with Crippen molar-refractivity contribution >= 4 is 11.8 Å². The third kappa shape index (κ3) is 3.20. The van der Waals surface area contributed by atoms with Gasteiger partial charge in [0.05, 0.1) is 0 Å². The Balaban J connectivity index is 1.98. The largest absolute Gasteiger partial charge is 0.354 e. The predicted octanol–water partition coefficient (Wildman–Crippen LogP) is 1.22. The van der Waals surface area contributed by atoms with E-state index in [1.807, 2.05) is 6.07 Å². The van der Waals surface area contributed by atoms with Crippen molar-refractivity contribution < 1.29 is 0 Å². The molecule has 0 unspecified atom stereocenters. The number of nitrogens with one attached hydrogen (secondary N) is 1. The number of piperazine rings is 1. The molecule has 0 radical (unpaired) electrons. The molecule has 2 rings (SSSR count). The van der Waals surface area contributed by atoms with Crippen molar-refractivity contribution in [3.05, 3.63) is 24.9 Å². The summed E-state index contributed by atoms with van der Waals surface area (Å²) in [5.74, 6) is 1.68. The van der Waals surface area contributed by atoms with Crippen molar-refractivity contribution in [3.63, 3.8) is 0 Å². The van der Waals surface area contributed by atoms with Crippen molar-refractivity contribution in [1.29, 1.82) is 0 Å². The van der Waals surface area contributed by atoms with E-state index < -0.39 is 0 Å². The third-order valence-electron chi connectivity index (χ3n) is 3.19. The zero-order valence-electron chi connectivity index (χ0n) is 11.0. The Morgan fingerprint density at radius 3 is 2.83 bits per heavy atom. The molecule has 5 nitrogen and oxygen atoms in total. The lowest BCUT2D eigenvalue weighted by Gasteiger charge is -2.34. The summed E-state index contributed by atoms with van der Waals surface area (Å²) in [6.45, 7) is 12.0. The quantitative estimate of drug-likeness (QED) is 0.793. The molecule has 0 bridgehead atoms. The Labute approximate surface area is 109 Å². The fourth-order valence-corrected chi connectivity index (χ4v) is 2.07. The van der Waals surface area contributed by atoms with Crippen LogP contribution in [-0.2, 0) is 0 Å². The van der Waals surface area contributed by atoms with E-state index in [1.165, 1.54) is 0 Å². The van der Waals surface area contributed by atoms with Gasteiger partial charge in [0.2, 0.25) is 5.95 Å². The molecule has 1 N–H and O–H groups in total. The zero-order valence-corrected chi connectivity index (χ0v) is 11.0. The van der Waals surface area contributed by atoms with Gasteiger partial charge >= 0.3 is 0 Å². The van der Waals surface area contributed by atoms with Gasteiger partial charge in [-0.05, 0) is 12.6 Å². The average molecular weight is 247 g/mol. The fourth-order valence-electron chi connectivity index (χ4n) is 2.07. The predicted molar refractivity (Wildman–Crippen MR) is 75.0 cm³/mol. The lowest BCUT2D eigenvalue weighted by atomic mass is 10.3. The highest BCUT2D eigenvalue weighted by atomic mass is 15.3. The second-order valence-corrected chi connectivity index (χ2v) is 4.33. The number of hydrogen-bond acceptors (Lipinski definition) is 5. The average Bonchev–Trinajstić information content (AvgIpc) is 2.45. The number of nitrogens with zero attached hydrogens (tertiary/aromatic N) is 4. The normalized spacial score (nSPS) is 16.6. The van der Waals surface area contributed by atoms with Gasteiger partial charge in [-0.15, -0.1) is 6.58 Å². The summed E-state index contributed by atoms with van der Waals surface area (Å²) < 4.78 is 0. The lowest BCUT2D eigenvalue weighted by molar-refractivity contribution is 0.270. The second kappa shape index (κ2) is 6.35. The minimum Gasteiger partial charge on any atom is -0.354 e. The van der Waals surface area contributed by atoms with Crippen LogP contribution < -0.4 is 10.2 Å². The van der Waals surface area contributed by atoms with Crippen molar-refractivity contribution in [2.24, 2.45) is 0 Å². The Bertz CT molecular complexity index is 385. The van der Waals surface area contributed by atoms with Crippen LogP contribution in [0.5, 0.6) is 0 Å². The van der Waals surface area contributed by atoms with Crippen LogP contribution in [0.1, 0.15) is 6.92 Å². The molecule has 0 aliphatic carbocycles. The van der Waals surface area contributed by atoms with Gasteiger partial charge in [0, 0.05) is 38.9 Å². The number of anilines is 2. The van der Waals surface area contributed by atoms with Crippen LogP contribution in [0.4, 0.5) is 11.8 Å². The van der Waals surface area contributed by atoms with Crippen LogP contribution in [0.15, 0.2) is 24.9 Å². The van der Waals surface area contributed by atoms with Crippen LogP contribution in [0.2, 0.25) is 0 Å². The smallest absolute Gasteiger partial charge is 0.224 e. The number of rotatable bonds is 5. The molecule has 1 aromatic rings. The second-order valence-electron chi connectivity index (χ2n) is 4.33. The molecule has 1 aliphatic heterocycles. The Morgan fingerprint density at radius 1 is 1.39 bits per heavy atom. The number of aromatic nitrogens is 2. The maximum atomic E-state index is 4.52. The molecule has 0 aromatic carbocycles. The van der Waals surface area contributed by atoms with E-state index >= 15 is 0 Å². The molecule has 2 heterocycles. The molecular formula is C13H21N5. The fraction of sp³-hybridized carbons (Fsp3) is 0.538. The first kappa shape index (κ1) is 12.8. The summed E-state index contributed by atoms with van der Waals surface area (Å²) >= 11 is 0.